The number of nitrogens with one attached hydrogen (secondary N) is 1. The van der Waals surface area contributed by atoms with Crippen molar-refractivity contribution in [1.29, 1.82) is 0 Å². The van der Waals surface area contributed by atoms with Gasteiger partial charge in [0.15, 0.2) is 0 Å². The van der Waals surface area contributed by atoms with Gasteiger partial charge >= 0.3 is 0 Å². The lowest BCUT2D eigenvalue weighted by Gasteiger charge is -2.11. The van der Waals surface area contributed by atoms with Gasteiger partial charge in [0, 0.05) is 27.7 Å². The molecule has 1 unspecified atom stereocenters. The van der Waals surface area contributed by atoms with E-state index in [2.05, 4.69) is 48.3 Å². The Hall–Kier alpha value is -2.09. The average Bonchev–Trinajstić information content (AvgIpc) is 2.82. The number of carbonyl (C=O) groups is 1. The van der Waals surface area contributed by atoms with Gasteiger partial charge in [-0.25, -0.2) is 0 Å². The van der Waals surface area contributed by atoms with Gasteiger partial charge in [-0.05, 0) is 43.5 Å². The second-order valence-corrected chi connectivity index (χ2v) is 5.47. The SMILES string of the molecule is CCC(Cc1ccc2[nH]c3ccccc3c2c1)C(C)=O. The molecule has 0 aliphatic rings. The monoisotopic (exact) mass is 265 g/mol. The van der Waals surface area contributed by atoms with Crippen LogP contribution in [0.2, 0.25) is 0 Å². The molecule has 20 heavy (non-hydrogen) atoms. The smallest absolute Gasteiger partial charge is 0.133 e. The lowest BCUT2D eigenvalue weighted by molar-refractivity contribution is -0.120. The molecule has 3 rings (SSSR count). The van der Waals surface area contributed by atoms with Crippen molar-refractivity contribution in [1.82, 2.24) is 4.98 Å². The first-order valence-corrected chi connectivity index (χ1v) is 7.19. The molecule has 0 fully saturated rings. The molecule has 0 bridgehead atoms. The molecule has 102 valence electrons. The van der Waals surface area contributed by atoms with E-state index >= 15 is 0 Å². The third-order valence-corrected chi connectivity index (χ3v) is 4.12. The molecule has 0 aliphatic heterocycles. The number of para-hydroxylation sites is 1. The van der Waals surface area contributed by atoms with Crippen LogP contribution in [-0.4, -0.2) is 10.8 Å². The minimum Gasteiger partial charge on any atom is -0.355 e. The first kappa shape index (κ1) is 12.9. The van der Waals surface area contributed by atoms with E-state index in [1.54, 1.807) is 6.92 Å². The van der Waals surface area contributed by atoms with Crippen molar-refractivity contribution in [2.24, 2.45) is 5.92 Å². The summed E-state index contributed by atoms with van der Waals surface area (Å²) < 4.78 is 0. The van der Waals surface area contributed by atoms with Gasteiger partial charge in [-0.3, -0.25) is 4.79 Å². The summed E-state index contributed by atoms with van der Waals surface area (Å²) in [5, 5.41) is 2.50. The summed E-state index contributed by atoms with van der Waals surface area (Å²) in [5.41, 5.74) is 3.56. The van der Waals surface area contributed by atoms with Gasteiger partial charge in [0.25, 0.3) is 0 Å². The number of carbonyl (C=O) groups excluding carboxylic acids is 1. The molecule has 0 radical (unpaired) electrons. The molecule has 0 spiro atoms. The van der Waals surface area contributed by atoms with Gasteiger partial charge in [-0.15, -0.1) is 0 Å². The fourth-order valence-electron chi connectivity index (χ4n) is 2.88. The number of fused-ring (bicyclic) bond motifs is 3. The lowest BCUT2D eigenvalue weighted by atomic mass is 9.93. The zero-order valence-electron chi connectivity index (χ0n) is 11.9. The molecule has 1 aromatic heterocycles. The van der Waals surface area contributed by atoms with Crippen molar-refractivity contribution >= 4 is 27.6 Å². The van der Waals surface area contributed by atoms with Crippen LogP contribution in [0, 0.1) is 5.92 Å². The van der Waals surface area contributed by atoms with Crippen LogP contribution in [0.15, 0.2) is 42.5 Å². The van der Waals surface area contributed by atoms with Crippen LogP contribution >= 0.6 is 0 Å². The van der Waals surface area contributed by atoms with E-state index in [0.29, 0.717) is 0 Å². The van der Waals surface area contributed by atoms with E-state index in [0.717, 1.165) is 18.4 Å². The van der Waals surface area contributed by atoms with Gasteiger partial charge in [0.05, 0.1) is 0 Å². The number of ketones is 1. The molecule has 2 nitrogen and oxygen atoms in total. The summed E-state index contributed by atoms with van der Waals surface area (Å²) in [6, 6.07) is 14.8. The Labute approximate surface area is 118 Å². The first-order chi connectivity index (χ1) is 9.69. The fourth-order valence-corrected chi connectivity index (χ4v) is 2.88. The summed E-state index contributed by atoms with van der Waals surface area (Å²) in [7, 11) is 0. The second kappa shape index (κ2) is 5.12. The maximum absolute atomic E-state index is 11.6. The van der Waals surface area contributed by atoms with Crippen molar-refractivity contribution in [2.45, 2.75) is 26.7 Å². The number of aromatic amines is 1. The predicted molar refractivity (Wildman–Crippen MR) is 84.0 cm³/mol. The van der Waals surface area contributed by atoms with E-state index in [1.165, 1.54) is 21.9 Å². The topological polar surface area (TPSA) is 32.9 Å². The second-order valence-electron chi connectivity index (χ2n) is 5.47. The van der Waals surface area contributed by atoms with Crippen LogP contribution in [-0.2, 0) is 11.2 Å². The molecule has 0 saturated carbocycles. The van der Waals surface area contributed by atoms with Crippen molar-refractivity contribution < 1.29 is 4.79 Å². The minimum atomic E-state index is 0.137. The van der Waals surface area contributed by atoms with Crippen LogP contribution in [0.4, 0.5) is 0 Å². The Morgan fingerprint density at radius 3 is 2.60 bits per heavy atom. The third-order valence-electron chi connectivity index (χ3n) is 4.12. The van der Waals surface area contributed by atoms with Crippen molar-refractivity contribution in [3.8, 4) is 0 Å². The van der Waals surface area contributed by atoms with E-state index in [-0.39, 0.29) is 11.7 Å². The van der Waals surface area contributed by atoms with Crippen LogP contribution in [0.3, 0.4) is 0 Å². The molecule has 1 N–H and O–H groups in total. The number of H-pyrrole nitrogens is 1. The molecule has 0 amide bonds. The highest BCUT2D eigenvalue weighted by molar-refractivity contribution is 6.07. The summed E-state index contributed by atoms with van der Waals surface area (Å²) in [5.74, 6) is 0.421. The van der Waals surface area contributed by atoms with Gasteiger partial charge < -0.3 is 4.98 Å². The number of rotatable bonds is 4. The molecule has 2 aromatic carbocycles. The van der Waals surface area contributed by atoms with Crippen LogP contribution in [0.1, 0.15) is 25.8 Å². The zero-order chi connectivity index (χ0) is 14.1. The van der Waals surface area contributed by atoms with Gasteiger partial charge in [0.2, 0.25) is 0 Å². The highest BCUT2D eigenvalue weighted by atomic mass is 16.1. The minimum absolute atomic E-state index is 0.137. The van der Waals surface area contributed by atoms with Gasteiger partial charge in [0.1, 0.15) is 5.78 Å². The first-order valence-electron chi connectivity index (χ1n) is 7.19. The maximum atomic E-state index is 11.6. The Morgan fingerprint density at radius 1 is 1.10 bits per heavy atom. The lowest BCUT2D eigenvalue weighted by Crippen LogP contribution is -2.12. The molecule has 1 heterocycles. The Morgan fingerprint density at radius 2 is 1.85 bits per heavy atom. The summed E-state index contributed by atoms with van der Waals surface area (Å²) in [6.07, 6.45) is 1.74. The molecule has 0 saturated heterocycles. The fraction of sp³-hybridized carbons (Fsp3) is 0.278. The van der Waals surface area contributed by atoms with Crippen molar-refractivity contribution in [3.05, 3.63) is 48.0 Å². The number of hydrogen-bond donors (Lipinski definition) is 1. The van der Waals surface area contributed by atoms with E-state index < -0.39 is 0 Å². The standard InChI is InChI=1S/C18H19NO/c1-3-14(12(2)20)10-13-8-9-18-16(11-13)15-6-4-5-7-17(15)19-18/h4-9,11,14,19H,3,10H2,1-2H3. The zero-order valence-corrected chi connectivity index (χ0v) is 11.9. The third kappa shape index (κ3) is 2.22. The molecule has 0 aliphatic carbocycles. The van der Waals surface area contributed by atoms with Crippen molar-refractivity contribution in [3.63, 3.8) is 0 Å². The molecule has 3 aromatic rings. The molecule has 1 atom stereocenters. The van der Waals surface area contributed by atoms with Crippen LogP contribution < -0.4 is 0 Å². The Kier molecular flexibility index (Phi) is 3.31. The number of hydrogen-bond acceptors (Lipinski definition) is 1. The summed E-state index contributed by atoms with van der Waals surface area (Å²) in [4.78, 5) is 15.0. The highest BCUT2D eigenvalue weighted by Crippen LogP contribution is 2.27. The van der Waals surface area contributed by atoms with E-state index in [4.69, 9.17) is 0 Å². The molecular formula is C18H19NO. The normalized spacial score (nSPS) is 12.9. The molecule has 2 heteroatoms. The van der Waals surface area contributed by atoms with E-state index in [1.807, 2.05) is 6.07 Å². The number of Topliss-reactive ketones (excluding diaryl/α,β-unsaturated/α-hetero) is 1. The summed E-state index contributed by atoms with van der Waals surface area (Å²) in [6.45, 7) is 3.77. The highest BCUT2D eigenvalue weighted by Gasteiger charge is 2.13. The van der Waals surface area contributed by atoms with Crippen LogP contribution in [0.25, 0.3) is 21.8 Å². The molecular weight excluding hydrogens is 246 g/mol. The Bertz CT molecular complexity index is 769. The average molecular weight is 265 g/mol. The Balaban J connectivity index is 2.05. The maximum Gasteiger partial charge on any atom is 0.133 e. The van der Waals surface area contributed by atoms with E-state index in [9.17, 15) is 4.79 Å². The number of benzene rings is 2. The van der Waals surface area contributed by atoms with Crippen molar-refractivity contribution in [2.75, 3.05) is 0 Å². The predicted octanol–water partition coefficient (Wildman–Crippen LogP) is 4.48. The van der Waals surface area contributed by atoms with Gasteiger partial charge in [-0.1, -0.05) is 31.2 Å². The van der Waals surface area contributed by atoms with Gasteiger partial charge in [-0.2, -0.15) is 0 Å². The largest absolute Gasteiger partial charge is 0.355 e. The number of aromatic nitrogens is 1. The van der Waals surface area contributed by atoms with Crippen LogP contribution in [0.5, 0.6) is 0 Å². The quantitative estimate of drug-likeness (QED) is 0.741. The summed E-state index contributed by atoms with van der Waals surface area (Å²) >= 11 is 0.